The summed E-state index contributed by atoms with van der Waals surface area (Å²) in [6.07, 6.45) is -0.194. The summed E-state index contributed by atoms with van der Waals surface area (Å²) in [5, 5.41) is 2.77. The van der Waals surface area contributed by atoms with E-state index in [0.717, 1.165) is 37.8 Å². The van der Waals surface area contributed by atoms with Gasteiger partial charge in [-0.1, -0.05) is 31.0 Å². The predicted molar refractivity (Wildman–Crippen MR) is 98.3 cm³/mol. The fraction of sp³-hybridized carbons (Fsp3) is 0.600. The van der Waals surface area contributed by atoms with Gasteiger partial charge >= 0.3 is 6.18 Å². The van der Waals surface area contributed by atoms with Crippen LogP contribution in [0.3, 0.4) is 0 Å². The third-order valence-corrected chi connectivity index (χ3v) is 5.41. The molecule has 5 nitrogen and oxygen atoms in total. The zero-order chi connectivity index (χ0) is 20.1. The Labute approximate surface area is 162 Å². The van der Waals surface area contributed by atoms with Gasteiger partial charge in [-0.25, -0.2) is 0 Å². The number of benzene rings is 1. The van der Waals surface area contributed by atoms with Crippen LogP contribution in [0.15, 0.2) is 24.3 Å². The number of alkyl halides is 3. The second-order valence-corrected chi connectivity index (χ2v) is 7.47. The van der Waals surface area contributed by atoms with Crippen LogP contribution in [0.4, 0.5) is 13.2 Å². The quantitative estimate of drug-likeness (QED) is 0.850. The lowest BCUT2D eigenvalue weighted by Crippen LogP contribution is -2.56. The highest BCUT2D eigenvalue weighted by Gasteiger charge is 2.34. The first-order valence-corrected chi connectivity index (χ1v) is 9.80. The second kappa shape index (κ2) is 8.94. The summed E-state index contributed by atoms with van der Waals surface area (Å²) in [4.78, 5) is 28.7. The molecule has 28 heavy (non-hydrogen) atoms. The lowest BCUT2D eigenvalue weighted by atomic mass is 10.0. The Morgan fingerprint density at radius 1 is 1.11 bits per heavy atom. The molecule has 1 aromatic carbocycles. The highest BCUT2D eigenvalue weighted by Crippen LogP contribution is 2.30. The minimum absolute atomic E-state index is 0.0574. The highest BCUT2D eigenvalue weighted by atomic mass is 19.4. The van der Waals surface area contributed by atoms with Crippen LogP contribution in [0.2, 0.25) is 0 Å². The van der Waals surface area contributed by atoms with E-state index in [2.05, 4.69) is 5.32 Å². The van der Waals surface area contributed by atoms with Crippen LogP contribution < -0.4 is 5.32 Å². The maximum absolute atomic E-state index is 13.0. The van der Waals surface area contributed by atoms with Crippen molar-refractivity contribution in [3.8, 4) is 0 Å². The van der Waals surface area contributed by atoms with Crippen molar-refractivity contribution in [2.75, 3.05) is 26.2 Å². The van der Waals surface area contributed by atoms with E-state index in [9.17, 15) is 22.8 Å². The molecule has 8 heteroatoms. The minimum atomic E-state index is -4.41. The van der Waals surface area contributed by atoms with E-state index in [0.29, 0.717) is 31.7 Å². The molecule has 2 aliphatic heterocycles. The Bertz CT molecular complexity index is 700. The molecular weight excluding hydrogens is 371 g/mol. The number of nitrogens with zero attached hydrogens (tertiary/aromatic N) is 2. The molecule has 1 N–H and O–H groups in total. The average Bonchev–Trinajstić information content (AvgIpc) is 2.93. The number of likely N-dealkylation sites (tertiary alicyclic amines) is 1. The van der Waals surface area contributed by atoms with Gasteiger partial charge in [0.2, 0.25) is 11.8 Å². The van der Waals surface area contributed by atoms with Crippen molar-refractivity contribution in [2.45, 2.75) is 50.9 Å². The van der Waals surface area contributed by atoms with E-state index in [1.165, 1.54) is 6.07 Å². The molecule has 0 bridgehead atoms. The second-order valence-electron chi connectivity index (χ2n) is 7.47. The van der Waals surface area contributed by atoms with E-state index in [1.54, 1.807) is 6.07 Å². The molecule has 0 aromatic heterocycles. The molecule has 3 rings (SSSR count). The Morgan fingerprint density at radius 2 is 1.82 bits per heavy atom. The van der Waals surface area contributed by atoms with Gasteiger partial charge in [-0.2, -0.15) is 13.2 Å². The molecule has 2 heterocycles. The third kappa shape index (κ3) is 5.25. The van der Waals surface area contributed by atoms with Gasteiger partial charge < -0.3 is 10.2 Å². The van der Waals surface area contributed by atoms with E-state index in [4.69, 9.17) is 0 Å². The van der Waals surface area contributed by atoms with Gasteiger partial charge in [-0.3, -0.25) is 14.5 Å². The molecule has 0 spiro atoms. The van der Waals surface area contributed by atoms with Crippen molar-refractivity contribution in [3.05, 3.63) is 35.4 Å². The zero-order valence-electron chi connectivity index (χ0n) is 15.8. The number of halogens is 3. The van der Waals surface area contributed by atoms with E-state index in [-0.39, 0.29) is 24.8 Å². The maximum Gasteiger partial charge on any atom is 0.416 e. The average molecular weight is 397 g/mol. The molecule has 2 fully saturated rings. The van der Waals surface area contributed by atoms with E-state index >= 15 is 0 Å². The zero-order valence-corrected chi connectivity index (χ0v) is 15.8. The van der Waals surface area contributed by atoms with Gasteiger partial charge in [-0.05, 0) is 24.5 Å². The number of hydrogen-bond acceptors (Lipinski definition) is 3. The lowest BCUT2D eigenvalue weighted by molar-refractivity contribution is -0.139. The van der Waals surface area contributed by atoms with E-state index < -0.39 is 17.8 Å². The Balaban J connectivity index is 1.70. The Kier molecular flexibility index (Phi) is 6.59. The van der Waals surface area contributed by atoms with Gasteiger partial charge in [0.25, 0.3) is 0 Å². The summed E-state index contributed by atoms with van der Waals surface area (Å²) in [5.41, 5.74) is -0.222. The molecule has 1 aromatic rings. The van der Waals surface area contributed by atoms with Crippen molar-refractivity contribution in [3.63, 3.8) is 0 Å². The molecule has 0 radical (unpaired) electrons. The van der Waals surface area contributed by atoms with Gasteiger partial charge in [0.1, 0.15) is 0 Å². The Morgan fingerprint density at radius 3 is 2.50 bits per heavy atom. The summed E-state index contributed by atoms with van der Waals surface area (Å²) in [6.45, 7) is 2.54. The van der Waals surface area contributed by atoms with Gasteiger partial charge in [0, 0.05) is 32.7 Å². The van der Waals surface area contributed by atoms with Crippen LogP contribution in [0, 0.1) is 0 Å². The molecule has 1 atom stereocenters. The number of rotatable bonds is 4. The first-order chi connectivity index (χ1) is 13.3. The van der Waals surface area contributed by atoms with E-state index in [1.807, 2.05) is 9.80 Å². The largest absolute Gasteiger partial charge is 0.416 e. The summed E-state index contributed by atoms with van der Waals surface area (Å²) in [7, 11) is 0. The molecule has 2 aliphatic rings. The topological polar surface area (TPSA) is 52.7 Å². The van der Waals surface area contributed by atoms with Crippen LogP contribution >= 0.6 is 0 Å². The third-order valence-electron chi connectivity index (χ3n) is 5.41. The first kappa shape index (κ1) is 20.6. The minimum Gasteiger partial charge on any atom is -0.353 e. The van der Waals surface area contributed by atoms with Crippen molar-refractivity contribution >= 4 is 11.8 Å². The standard InChI is InChI=1S/C20H26F3N3O2/c21-20(22,23)16-7-5-6-15(12-16)14-26-11-8-24-19(28)17(26)13-18(27)25-9-3-1-2-4-10-25/h5-7,12,17H,1-4,8-11,13-14H2,(H,24,28)/t17-/m0/s1. The number of hydrogen-bond donors (Lipinski definition) is 1. The van der Waals surface area contributed by atoms with Crippen LogP contribution in [0.5, 0.6) is 0 Å². The summed E-state index contributed by atoms with van der Waals surface area (Å²) < 4.78 is 38.9. The Hall–Kier alpha value is -2.09. The molecule has 0 aliphatic carbocycles. The number of carbonyl (C=O) groups excluding carboxylic acids is 2. The molecule has 2 amide bonds. The van der Waals surface area contributed by atoms with Crippen molar-refractivity contribution in [1.29, 1.82) is 0 Å². The number of nitrogens with one attached hydrogen (secondary N) is 1. The van der Waals surface area contributed by atoms with Crippen LogP contribution in [0.25, 0.3) is 0 Å². The molecule has 2 saturated heterocycles. The van der Waals surface area contributed by atoms with Crippen LogP contribution in [-0.2, 0) is 22.3 Å². The lowest BCUT2D eigenvalue weighted by Gasteiger charge is -2.35. The number of piperazine rings is 1. The first-order valence-electron chi connectivity index (χ1n) is 9.80. The monoisotopic (exact) mass is 397 g/mol. The number of carbonyl (C=O) groups is 2. The molecule has 0 saturated carbocycles. The van der Waals surface area contributed by atoms with Gasteiger partial charge in [0.05, 0.1) is 18.0 Å². The van der Waals surface area contributed by atoms with Crippen molar-refractivity contribution in [2.24, 2.45) is 0 Å². The molecular formula is C20H26F3N3O2. The van der Waals surface area contributed by atoms with Gasteiger partial charge in [0.15, 0.2) is 0 Å². The maximum atomic E-state index is 13.0. The summed E-state index contributed by atoms with van der Waals surface area (Å²) in [6, 6.07) is 4.49. The van der Waals surface area contributed by atoms with Gasteiger partial charge in [-0.15, -0.1) is 0 Å². The molecule has 154 valence electrons. The number of amides is 2. The van der Waals surface area contributed by atoms with Crippen molar-refractivity contribution in [1.82, 2.24) is 15.1 Å². The van der Waals surface area contributed by atoms with Crippen molar-refractivity contribution < 1.29 is 22.8 Å². The summed E-state index contributed by atoms with van der Waals surface area (Å²) >= 11 is 0. The highest BCUT2D eigenvalue weighted by molar-refractivity contribution is 5.88. The normalized spacial score (nSPS) is 21.9. The smallest absolute Gasteiger partial charge is 0.353 e. The molecule has 0 unspecified atom stereocenters. The predicted octanol–water partition coefficient (Wildman–Crippen LogP) is 2.80. The summed E-state index contributed by atoms with van der Waals surface area (Å²) in [5.74, 6) is -0.292. The fourth-order valence-electron chi connectivity index (χ4n) is 3.87. The SMILES string of the molecule is O=C1NCCN(Cc2cccc(C(F)(F)F)c2)[C@H]1CC(=O)N1CCCCCC1. The fourth-order valence-corrected chi connectivity index (χ4v) is 3.87. The van der Waals surface area contributed by atoms with Crippen LogP contribution in [-0.4, -0.2) is 53.8 Å². The van der Waals surface area contributed by atoms with Crippen LogP contribution in [0.1, 0.15) is 43.2 Å².